The molecule has 0 aliphatic rings. The lowest BCUT2D eigenvalue weighted by molar-refractivity contribution is -0.116. The van der Waals surface area contributed by atoms with Crippen LogP contribution < -0.4 is 11.2 Å². The fraction of sp³-hybridized carbons (Fsp3) is 0.192. The quantitative estimate of drug-likeness (QED) is 0.154. The van der Waals surface area contributed by atoms with Crippen LogP contribution in [0.25, 0.3) is 17.0 Å². The average Bonchev–Trinajstić information content (AvgIpc) is 3.11. The minimum atomic E-state index is -0.103. The zero-order valence-electron chi connectivity index (χ0n) is 18.8. The van der Waals surface area contributed by atoms with Crippen LogP contribution in [-0.4, -0.2) is 23.4 Å². The molecule has 0 saturated heterocycles. The van der Waals surface area contributed by atoms with Crippen molar-refractivity contribution in [2.45, 2.75) is 33.6 Å². The number of anilines is 1. The van der Waals surface area contributed by atoms with E-state index in [4.69, 9.17) is 5.84 Å². The van der Waals surface area contributed by atoms with Gasteiger partial charge in [-0.3, -0.25) is 9.59 Å². The number of allylic oxidation sites excluding steroid dienone is 2. The van der Waals surface area contributed by atoms with E-state index >= 15 is 0 Å². The highest BCUT2D eigenvalue weighted by Crippen LogP contribution is 2.28. The van der Waals surface area contributed by atoms with Gasteiger partial charge in [0.1, 0.15) is 0 Å². The number of nitrogens with two attached hydrogens (primary N) is 1. The number of fused-ring (bicyclic) bond motifs is 1. The van der Waals surface area contributed by atoms with E-state index in [1.54, 1.807) is 12.1 Å². The summed E-state index contributed by atoms with van der Waals surface area (Å²) < 4.78 is 0. The fourth-order valence-corrected chi connectivity index (χ4v) is 3.44. The Kier molecular flexibility index (Phi) is 9.17. The van der Waals surface area contributed by atoms with Gasteiger partial charge in [-0.1, -0.05) is 36.4 Å². The highest BCUT2D eigenvalue weighted by molar-refractivity contribution is 6.11. The second-order valence-corrected chi connectivity index (χ2v) is 7.22. The Morgan fingerprint density at radius 1 is 1.25 bits per heavy atom. The number of H-pyrrole nitrogens is 1. The number of hydrazone groups is 1. The summed E-state index contributed by atoms with van der Waals surface area (Å²) in [5.74, 6) is 5.24. The maximum absolute atomic E-state index is 12.5. The molecule has 0 unspecified atom stereocenters. The maximum Gasteiger partial charge on any atom is 0.224 e. The number of aromatic amines is 1. The van der Waals surface area contributed by atoms with E-state index in [-0.39, 0.29) is 5.91 Å². The molecule has 4 N–H and O–H groups in total. The molecule has 3 rings (SSSR count). The minimum Gasteiger partial charge on any atom is -0.354 e. The number of benzene rings is 2. The van der Waals surface area contributed by atoms with Crippen LogP contribution in [0.5, 0.6) is 0 Å². The number of amides is 1. The van der Waals surface area contributed by atoms with Gasteiger partial charge in [0.05, 0.1) is 6.21 Å². The number of aldehydes is 1. The number of nitrogens with zero attached hydrogens (tertiary/aromatic N) is 1. The first-order valence-corrected chi connectivity index (χ1v) is 10.4. The molecule has 166 valence electrons. The molecule has 0 radical (unpaired) electrons. The summed E-state index contributed by atoms with van der Waals surface area (Å²) in [5, 5.41) is 7.23. The highest BCUT2D eigenvalue weighted by Gasteiger charge is 2.14. The molecule has 0 atom stereocenters. The number of nitrogens with one attached hydrogen (secondary N) is 2. The van der Waals surface area contributed by atoms with Gasteiger partial charge >= 0.3 is 0 Å². The topological polar surface area (TPSA) is 100 Å². The molecule has 0 saturated carbocycles. The fourth-order valence-electron chi connectivity index (χ4n) is 3.44. The molecule has 0 aliphatic carbocycles. The Bertz CT molecular complexity index is 1160. The van der Waals surface area contributed by atoms with Crippen LogP contribution in [0.1, 0.15) is 53.0 Å². The standard InChI is InChI=1S/C23H24N4O2.C3H6/c1-3-6-20-19(13-25-24)23-17(14-28)11-18(12-21(23)27-20)26-22(29)10-9-16-8-5-4-7-15(16)2;1-3-2/h3-8,11-14,27H,9-10,24H2,1-2H3,(H,26,29);3H,1H2,2H3/b6-3+,25-13-;. The maximum atomic E-state index is 12.5. The summed E-state index contributed by atoms with van der Waals surface area (Å²) in [6.07, 6.45) is 8.82. The van der Waals surface area contributed by atoms with Crippen LogP contribution in [0, 0.1) is 6.92 Å². The summed E-state index contributed by atoms with van der Waals surface area (Å²) in [5.41, 5.74) is 5.60. The summed E-state index contributed by atoms with van der Waals surface area (Å²) in [6, 6.07) is 11.5. The molecular weight excluding hydrogens is 400 g/mol. The average molecular weight is 431 g/mol. The Morgan fingerprint density at radius 2 is 1.97 bits per heavy atom. The van der Waals surface area contributed by atoms with E-state index in [0.29, 0.717) is 24.1 Å². The van der Waals surface area contributed by atoms with Gasteiger partial charge in [-0.2, -0.15) is 5.10 Å². The Balaban J connectivity index is 0.00000114. The molecule has 6 nitrogen and oxygen atoms in total. The lowest BCUT2D eigenvalue weighted by Gasteiger charge is -2.08. The van der Waals surface area contributed by atoms with Crippen LogP contribution in [0.3, 0.4) is 0 Å². The van der Waals surface area contributed by atoms with Crippen LogP contribution in [0.4, 0.5) is 5.69 Å². The second kappa shape index (κ2) is 12.1. The summed E-state index contributed by atoms with van der Waals surface area (Å²) in [4.78, 5) is 27.4. The van der Waals surface area contributed by atoms with Crippen molar-refractivity contribution in [3.8, 4) is 0 Å². The third kappa shape index (κ3) is 6.04. The van der Waals surface area contributed by atoms with Crippen molar-refractivity contribution in [2.24, 2.45) is 10.9 Å². The molecule has 2 aromatic carbocycles. The van der Waals surface area contributed by atoms with Crippen LogP contribution in [0.2, 0.25) is 0 Å². The van der Waals surface area contributed by atoms with Gasteiger partial charge in [0.2, 0.25) is 5.91 Å². The molecule has 32 heavy (non-hydrogen) atoms. The normalized spacial score (nSPS) is 10.8. The van der Waals surface area contributed by atoms with E-state index in [1.165, 1.54) is 11.8 Å². The van der Waals surface area contributed by atoms with E-state index in [1.807, 2.05) is 63.3 Å². The van der Waals surface area contributed by atoms with Crippen molar-refractivity contribution in [2.75, 3.05) is 5.32 Å². The zero-order chi connectivity index (χ0) is 23.5. The van der Waals surface area contributed by atoms with Crippen LogP contribution in [-0.2, 0) is 11.2 Å². The number of hydrogen-bond donors (Lipinski definition) is 3. The minimum absolute atomic E-state index is 0.103. The number of hydrogen-bond acceptors (Lipinski definition) is 4. The summed E-state index contributed by atoms with van der Waals surface area (Å²) in [7, 11) is 0. The lowest BCUT2D eigenvalue weighted by Crippen LogP contribution is -2.13. The van der Waals surface area contributed by atoms with E-state index in [2.05, 4.69) is 22.0 Å². The predicted molar refractivity (Wildman–Crippen MR) is 134 cm³/mol. The van der Waals surface area contributed by atoms with Gasteiger partial charge in [-0.05, 0) is 56.5 Å². The van der Waals surface area contributed by atoms with Crippen molar-refractivity contribution in [3.63, 3.8) is 0 Å². The third-order valence-corrected chi connectivity index (χ3v) is 4.83. The SMILES string of the molecule is C/C=C/c1[nH]c2cc(NC(=O)CCc3ccccc3C)cc(C=O)c2c1/C=N\N.C=CC. The monoisotopic (exact) mass is 430 g/mol. The highest BCUT2D eigenvalue weighted by atomic mass is 16.1. The van der Waals surface area contributed by atoms with Crippen molar-refractivity contribution in [1.82, 2.24) is 4.98 Å². The summed E-state index contributed by atoms with van der Waals surface area (Å²) >= 11 is 0. The molecule has 1 amide bonds. The van der Waals surface area contributed by atoms with Crippen molar-refractivity contribution < 1.29 is 9.59 Å². The molecule has 1 aromatic heterocycles. The van der Waals surface area contributed by atoms with Crippen molar-refractivity contribution >= 4 is 41.1 Å². The predicted octanol–water partition coefficient (Wildman–Crippen LogP) is 5.38. The van der Waals surface area contributed by atoms with Gasteiger partial charge in [-0.25, -0.2) is 0 Å². The molecule has 0 spiro atoms. The first-order valence-electron chi connectivity index (χ1n) is 10.4. The lowest BCUT2D eigenvalue weighted by atomic mass is 10.0. The van der Waals surface area contributed by atoms with Crippen molar-refractivity contribution in [1.29, 1.82) is 0 Å². The number of aryl methyl sites for hydroxylation is 2. The number of carbonyl (C=O) groups is 2. The molecule has 0 bridgehead atoms. The van der Waals surface area contributed by atoms with Gasteiger partial charge in [0, 0.05) is 39.8 Å². The van der Waals surface area contributed by atoms with Gasteiger partial charge in [0.15, 0.2) is 6.29 Å². The van der Waals surface area contributed by atoms with Gasteiger partial charge in [-0.15, -0.1) is 6.58 Å². The first kappa shape index (κ1) is 24.3. The van der Waals surface area contributed by atoms with E-state index < -0.39 is 0 Å². The van der Waals surface area contributed by atoms with Gasteiger partial charge < -0.3 is 16.1 Å². The third-order valence-electron chi connectivity index (χ3n) is 4.83. The molecule has 1 heterocycles. The van der Waals surface area contributed by atoms with E-state index in [9.17, 15) is 9.59 Å². The number of aromatic nitrogens is 1. The Labute approximate surface area is 188 Å². The molecule has 0 fully saturated rings. The number of carbonyl (C=O) groups excluding carboxylic acids is 2. The summed E-state index contributed by atoms with van der Waals surface area (Å²) in [6.45, 7) is 9.18. The Hall–Kier alpha value is -3.93. The van der Waals surface area contributed by atoms with Crippen LogP contribution >= 0.6 is 0 Å². The van der Waals surface area contributed by atoms with E-state index in [0.717, 1.165) is 34.0 Å². The van der Waals surface area contributed by atoms with Gasteiger partial charge in [0.25, 0.3) is 0 Å². The Morgan fingerprint density at radius 3 is 2.59 bits per heavy atom. The van der Waals surface area contributed by atoms with Crippen molar-refractivity contribution in [3.05, 3.63) is 83.1 Å². The van der Waals surface area contributed by atoms with Crippen LogP contribution in [0.15, 0.2) is 60.2 Å². The zero-order valence-corrected chi connectivity index (χ0v) is 18.8. The first-order chi connectivity index (χ1) is 15.5. The number of rotatable bonds is 7. The second-order valence-electron chi connectivity index (χ2n) is 7.22. The smallest absolute Gasteiger partial charge is 0.224 e. The largest absolute Gasteiger partial charge is 0.354 e. The molecule has 6 heteroatoms. The molecule has 3 aromatic rings. The molecule has 0 aliphatic heterocycles. The molecular formula is C26H30N4O2.